The van der Waals surface area contributed by atoms with Crippen molar-refractivity contribution in [3.8, 4) is 11.1 Å². The fourth-order valence-corrected chi connectivity index (χ4v) is 4.88. The van der Waals surface area contributed by atoms with Gasteiger partial charge in [0.15, 0.2) is 0 Å². The number of likely N-dealkylation sites (N-methyl/N-ethyl adjacent to an activating group) is 1. The molecule has 2 amide bonds. The average molecular weight is 451 g/mol. The molecule has 2 aliphatic carbocycles. The molecule has 0 aliphatic heterocycles. The summed E-state index contributed by atoms with van der Waals surface area (Å²) in [6, 6.07) is 16.3. The lowest BCUT2D eigenvalue weighted by atomic mass is 9.75. The highest BCUT2D eigenvalue weighted by atomic mass is 16.5. The summed E-state index contributed by atoms with van der Waals surface area (Å²) >= 11 is 0. The zero-order valence-corrected chi connectivity index (χ0v) is 18.8. The Morgan fingerprint density at radius 1 is 1.06 bits per heavy atom. The molecular weight excluding hydrogens is 420 g/mol. The quantitative estimate of drug-likeness (QED) is 0.605. The molecule has 4 rings (SSSR count). The molecule has 2 aromatic carbocycles. The summed E-state index contributed by atoms with van der Waals surface area (Å²) in [5.74, 6) is -1.56. The second kappa shape index (κ2) is 10.1. The van der Waals surface area contributed by atoms with Crippen molar-refractivity contribution in [3.05, 3.63) is 59.7 Å². The second-order valence-electron chi connectivity index (χ2n) is 8.75. The van der Waals surface area contributed by atoms with Crippen LogP contribution >= 0.6 is 0 Å². The standard InChI is InChI=1S/C26H30N2O5/c1-2-28(15-24(29)30)25(31)22(17-8-7-9-17)14-27-26(32)33-16-23-20-12-5-3-10-18(20)19-11-4-6-13-21(19)23/h3-6,10-13,17,22-23H,2,7-9,14-16H2,1H3,(H,27,32)(H,29,30). The van der Waals surface area contributed by atoms with E-state index in [2.05, 4.69) is 29.6 Å². The highest BCUT2D eigenvalue weighted by Gasteiger charge is 2.36. The van der Waals surface area contributed by atoms with E-state index in [0.29, 0.717) is 6.54 Å². The van der Waals surface area contributed by atoms with Crippen LogP contribution in [0.1, 0.15) is 43.2 Å². The molecule has 0 bridgehead atoms. The van der Waals surface area contributed by atoms with Crippen molar-refractivity contribution in [1.29, 1.82) is 0 Å². The fraction of sp³-hybridized carbons (Fsp3) is 0.423. The minimum absolute atomic E-state index is 0.0293. The maximum absolute atomic E-state index is 13.0. The van der Waals surface area contributed by atoms with Gasteiger partial charge in [-0.1, -0.05) is 55.0 Å². The number of rotatable bonds is 9. The summed E-state index contributed by atoms with van der Waals surface area (Å²) in [6.07, 6.45) is 2.31. The van der Waals surface area contributed by atoms with Gasteiger partial charge in [-0.15, -0.1) is 0 Å². The minimum Gasteiger partial charge on any atom is -0.480 e. The normalized spacial score (nSPS) is 15.7. The lowest BCUT2D eigenvalue weighted by molar-refractivity contribution is -0.147. The van der Waals surface area contributed by atoms with Gasteiger partial charge in [0.25, 0.3) is 0 Å². The lowest BCUT2D eigenvalue weighted by Gasteiger charge is -2.35. The van der Waals surface area contributed by atoms with Crippen molar-refractivity contribution in [2.24, 2.45) is 11.8 Å². The maximum Gasteiger partial charge on any atom is 0.407 e. The molecule has 1 fully saturated rings. The van der Waals surface area contributed by atoms with E-state index >= 15 is 0 Å². The summed E-state index contributed by atoms with van der Waals surface area (Å²) in [5, 5.41) is 11.9. The summed E-state index contributed by atoms with van der Waals surface area (Å²) in [5.41, 5.74) is 4.61. The highest BCUT2D eigenvalue weighted by Crippen LogP contribution is 2.44. The van der Waals surface area contributed by atoms with E-state index in [1.807, 2.05) is 24.3 Å². The topological polar surface area (TPSA) is 95.9 Å². The SMILES string of the molecule is CCN(CC(=O)O)C(=O)C(CNC(=O)OCC1c2ccccc2-c2ccccc21)C1CCC1. The fourth-order valence-electron chi connectivity index (χ4n) is 4.88. The van der Waals surface area contributed by atoms with E-state index in [-0.39, 0.29) is 37.4 Å². The van der Waals surface area contributed by atoms with E-state index in [4.69, 9.17) is 9.84 Å². The van der Waals surface area contributed by atoms with Crippen molar-refractivity contribution in [2.45, 2.75) is 32.1 Å². The first-order valence-corrected chi connectivity index (χ1v) is 11.6. The van der Waals surface area contributed by atoms with Crippen LogP contribution in [0.2, 0.25) is 0 Å². The number of carbonyl (C=O) groups is 3. The van der Waals surface area contributed by atoms with Crippen LogP contribution in [0.25, 0.3) is 11.1 Å². The third-order valence-electron chi connectivity index (χ3n) is 6.87. The Morgan fingerprint density at radius 2 is 1.67 bits per heavy atom. The van der Waals surface area contributed by atoms with Crippen molar-refractivity contribution in [1.82, 2.24) is 10.2 Å². The first-order chi connectivity index (χ1) is 16.0. The van der Waals surface area contributed by atoms with Crippen LogP contribution in [0.15, 0.2) is 48.5 Å². The van der Waals surface area contributed by atoms with Crippen LogP contribution in [-0.2, 0) is 14.3 Å². The molecule has 1 atom stereocenters. The lowest BCUT2D eigenvalue weighted by Crippen LogP contribution is -2.47. The van der Waals surface area contributed by atoms with Crippen LogP contribution in [0, 0.1) is 11.8 Å². The molecule has 0 heterocycles. The number of aliphatic carboxylic acids is 1. The number of amides is 2. The Labute approximate surface area is 193 Å². The van der Waals surface area contributed by atoms with Crippen LogP contribution < -0.4 is 5.32 Å². The predicted octanol–water partition coefficient (Wildman–Crippen LogP) is 3.87. The third-order valence-corrected chi connectivity index (χ3v) is 6.87. The number of ether oxygens (including phenoxy) is 1. The molecule has 7 heteroatoms. The highest BCUT2D eigenvalue weighted by molar-refractivity contribution is 5.84. The number of carboxylic acid groups (broad SMARTS) is 1. The van der Waals surface area contributed by atoms with E-state index in [9.17, 15) is 14.4 Å². The number of carbonyl (C=O) groups excluding carboxylic acids is 2. The summed E-state index contributed by atoms with van der Waals surface area (Å²) in [4.78, 5) is 38.0. The summed E-state index contributed by atoms with van der Waals surface area (Å²) < 4.78 is 5.58. The molecule has 2 N–H and O–H groups in total. The minimum atomic E-state index is -1.04. The van der Waals surface area contributed by atoms with E-state index in [0.717, 1.165) is 41.5 Å². The number of fused-ring (bicyclic) bond motifs is 3. The number of carboxylic acids is 1. The van der Waals surface area contributed by atoms with Gasteiger partial charge in [-0.25, -0.2) is 4.79 Å². The summed E-state index contributed by atoms with van der Waals surface area (Å²) in [6.45, 7) is 2.11. The van der Waals surface area contributed by atoms with Gasteiger partial charge in [0, 0.05) is 19.0 Å². The second-order valence-corrected chi connectivity index (χ2v) is 8.75. The monoisotopic (exact) mass is 450 g/mol. The summed E-state index contributed by atoms with van der Waals surface area (Å²) in [7, 11) is 0. The Morgan fingerprint density at radius 3 is 2.18 bits per heavy atom. The van der Waals surface area contributed by atoms with Crippen molar-refractivity contribution >= 4 is 18.0 Å². The van der Waals surface area contributed by atoms with Gasteiger partial charge >= 0.3 is 12.1 Å². The van der Waals surface area contributed by atoms with Gasteiger partial charge < -0.3 is 20.1 Å². The van der Waals surface area contributed by atoms with Gasteiger partial charge in [0.1, 0.15) is 13.2 Å². The van der Waals surface area contributed by atoms with E-state index < -0.39 is 18.0 Å². The molecule has 174 valence electrons. The van der Waals surface area contributed by atoms with Gasteiger partial charge in [0.2, 0.25) is 5.91 Å². The molecular formula is C26H30N2O5. The molecule has 2 aliphatic rings. The number of alkyl carbamates (subject to hydrolysis) is 1. The van der Waals surface area contributed by atoms with Crippen LogP contribution in [0.3, 0.4) is 0 Å². The zero-order valence-electron chi connectivity index (χ0n) is 18.8. The van der Waals surface area contributed by atoms with Crippen LogP contribution in [-0.4, -0.2) is 54.2 Å². The van der Waals surface area contributed by atoms with Crippen molar-refractivity contribution < 1.29 is 24.2 Å². The predicted molar refractivity (Wildman–Crippen MR) is 124 cm³/mol. The molecule has 0 aromatic heterocycles. The zero-order chi connectivity index (χ0) is 23.4. The Kier molecular flexibility index (Phi) is 6.96. The molecule has 1 unspecified atom stereocenters. The molecule has 0 saturated heterocycles. The molecule has 7 nitrogen and oxygen atoms in total. The number of hydrogen-bond acceptors (Lipinski definition) is 4. The number of nitrogens with one attached hydrogen (secondary N) is 1. The van der Waals surface area contributed by atoms with E-state index in [1.54, 1.807) is 6.92 Å². The number of nitrogens with zero attached hydrogens (tertiary/aromatic N) is 1. The van der Waals surface area contributed by atoms with Gasteiger partial charge in [0.05, 0.1) is 5.92 Å². The van der Waals surface area contributed by atoms with Crippen molar-refractivity contribution in [3.63, 3.8) is 0 Å². The Balaban J connectivity index is 1.37. The molecule has 0 spiro atoms. The third kappa shape index (κ3) is 4.87. The van der Waals surface area contributed by atoms with Gasteiger partial charge in [-0.2, -0.15) is 0 Å². The number of benzene rings is 2. The molecule has 1 saturated carbocycles. The van der Waals surface area contributed by atoms with E-state index in [1.165, 1.54) is 4.90 Å². The average Bonchev–Trinajstić information content (AvgIpc) is 3.10. The first-order valence-electron chi connectivity index (χ1n) is 11.6. The maximum atomic E-state index is 13.0. The number of hydrogen-bond donors (Lipinski definition) is 2. The van der Waals surface area contributed by atoms with Crippen LogP contribution in [0.5, 0.6) is 0 Å². The Hall–Kier alpha value is -3.35. The molecule has 33 heavy (non-hydrogen) atoms. The van der Waals surface area contributed by atoms with Crippen molar-refractivity contribution in [2.75, 3.05) is 26.2 Å². The first kappa shape index (κ1) is 22.8. The smallest absolute Gasteiger partial charge is 0.407 e. The van der Waals surface area contributed by atoms with Gasteiger partial charge in [-0.3, -0.25) is 9.59 Å². The van der Waals surface area contributed by atoms with Gasteiger partial charge in [-0.05, 0) is 47.9 Å². The molecule has 2 aromatic rings. The Bertz CT molecular complexity index is 987. The largest absolute Gasteiger partial charge is 0.480 e. The van der Waals surface area contributed by atoms with Crippen LogP contribution in [0.4, 0.5) is 4.79 Å². The molecule has 0 radical (unpaired) electrons.